The molecule has 4 N–H and O–H groups in total. The van der Waals surface area contributed by atoms with E-state index in [2.05, 4.69) is 16.0 Å². The molecule has 3 rings (SSSR count). The molecule has 9 heteroatoms. The molecule has 0 aromatic heterocycles. The van der Waals surface area contributed by atoms with Crippen LogP contribution in [0.15, 0.2) is 77.7 Å². The molecule has 8 nitrogen and oxygen atoms in total. The summed E-state index contributed by atoms with van der Waals surface area (Å²) in [6, 6.07) is 19.0. The van der Waals surface area contributed by atoms with Crippen LogP contribution in [-0.2, 0) is 14.9 Å². The summed E-state index contributed by atoms with van der Waals surface area (Å²) in [7, 11) is -4.49. The van der Waals surface area contributed by atoms with E-state index in [9.17, 15) is 22.6 Å². The Labute approximate surface area is 180 Å². The summed E-state index contributed by atoms with van der Waals surface area (Å²) < 4.78 is 33.2. The molecule has 3 aromatic rings. The monoisotopic (exact) mass is 439 g/mol. The van der Waals surface area contributed by atoms with Gasteiger partial charge in [0.2, 0.25) is 5.91 Å². The third-order valence-corrected chi connectivity index (χ3v) is 5.26. The molecule has 0 saturated heterocycles. The van der Waals surface area contributed by atoms with Crippen LogP contribution >= 0.6 is 0 Å². The van der Waals surface area contributed by atoms with Crippen molar-refractivity contribution in [2.75, 3.05) is 16.0 Å². The van der Waals surface area contributed by atoms with Gasteiger partial charge in [0.05, 0.1) is 0 Å². The summed E-state index contributed by atoms with van der Waals surface area (Å²) in [5, 5.41) is 8.04. The molecule has 0 atom stereocenters. The van der Waals surface area contributed by atoms with Crippen molar-refractivity contribution in [1.29, 1.82) is 0 Å². The van der Waals surface area contributed by atoms with Gasteiger partial charge in [-0.3, -0.25) is 9.35 Å². The third kappa shape index (κ3) is 5.91. The second-order valence-corrected chi connectivity index (χ2v) is 8.00. The van der Waals surface area contributed by atoms with Gasteiger partial charge in [0.1, 0.15) is 4.90 Å². The Morgan fingerprint density at radius 1 is 0.806 bits per heavy atom. The van der Waals surface area contributed by atoms with Gasteiger partial charge in [-0.1, -0.05) is 37.3 Å². The first-order valence-corrected chi connectivity index (χ1v) is 10.8. The highest BCUT2D eigenvalue weighted by molar-refractivity contribution is 7.86. The number of carbonyl (C=O) groups excluding carboxylic acids is 2. The second-order valence-electron chi connectivity index (χ2n) is 6.61. The zero-order valence-electron chi connectivity index (χ0n) is 16.6. The van der Waals surface area contributed by atoms with Gasteiger partial charge >= 0.3 is 6.03 Å². The van der Waals surface area contributed by atoms with Crippen LogP contribution in [-0.4, -0.2) is 24.9 Å². The fourth-order valence-electron chi connectivity index (χ4n) is 2.86. The van der Waals surface area contributed by atoms with E-state index in [1.807, 2.05) is 6.07 Å². The van der Waals surface area contributed by atoms with Crippen molar-refractivity contribution in [1.82, 2.24) is 0 Å². The topological polar surface area (TPSA) is 125 Å². The number of rotatable bonds is 6. The standard InChI is InChI=1S/C22H21N3O5S/c1-2-21(26)23-18-12-13-20(31(28,29)30)19(14-18)15-8-10-17(11-9-15)25-22(27)24-16-6-4-3-5-7-16/h3-14H,2H2,1H3,(H,23,26)(H2,24,25,27)(H,28,29,30). The lowest BCUT2D eigenvalue weighted by Gasteiger charge is -2.12. The van der Waals surface area contributed by atoms with E-state index < -0.39 is 16.1 Å². The first kappa shape index (κ1) is 22.0. The number of anilines is 3. The SMILES string of the molecule is CCC(=O)Nc1ccc(S(=O)(=O)O)c(-c2ccc(NC(=O)Nc3ccccc3)cc2)c1. The van der Waals surface area contributed by atoms with Crippen molar-refractivity contribution in [3.8, 4) is 11.1 Å². The maximum atomic E-state index is 12.1. The van der Waals surface area contributed by atoms with Crippen molar-refractivity contribution >= 4 is 39.1 Å². The smallest absolute Gasteiger partial charge is 0.323 e. The average Bonchev–Trinajstić information content (AvgIpc) is 2.74. The predicted octanol–water partition coefficient (Wildman–Crippen LogP) is 4.59. The van der Waals surface area contributed by atoms with Crippen molar-refractivity contribution in [3.63, 3.8) is 0 Å². The lowest BCUT2D eigenvalue weighted by Crippen LogP contribution is -2.19. The molecule has 3 amide bonds. The molecule has 3 aromatic carbocycles. The van der Waals surface area contributed by atoms with Crippen LogP contribution in [0.3, 0.4) is 0 Å². The van der Waals surface area contributed by atoms with Crippen molar-refractivity contribution in [2.24, 2.45) is 0 Å². The largest absolute Gasteiger partial charge is 0.326 e. The Bertz CT molecular complexity index is 1190. The summed E-state index contributed by atoms with van der Waals surface area (Å²) in [5.41, 5.74) is 2.23. The van der Waals surface area contributed by atoms with Gasteiger partial charge in [-0.25, -0.2) is 4.79 Å². The Morgan fingerprint density at radius 2 is 1.39 bits per heavy atom. The molecule has 0 unspecified atom stereocenters. The van der Waals surface area contributed by atoms with E-state index in [-0.39, 0.29) is 22.8 Å². The minimum Gasteiger partial charge on any atom is -0.326 e. The lowest BCUT2D eigenvalue weighted by molar-refractivity contribution is -0.115. The van der Waals surface area contributed by atoms with Gasteiger partial charge in [-0.05, 0) is 48.0 Å². The highest BCUT2D eigenvalue weighted by Crippen LogP contribution is 2.31. The Balaban J connectivity index is 1.84. The van der Waals surface area contributed by atoms with E-state index in [4.69, 9.17) is 0 Å². The van der Waals surface area contributed by atoms with E-state index in [0.29, 0.717) is 22.6 Å². The Morgan fingerprint density at radius 3 is 1.97 bits per heavy atom. The van der Waals surface area contributed by atoms with Crippen molar-refractivity contribution in [3.05, 3.63) is 72.8 Å². The van der Waals surface area contributed by atoms with Gasteiger partial charge in [-0.2, -0.15) is 8.42 Å². The molecule has 0 aliphatic rings. The molecule has 0 saturated carbocycles. The highest BCUT2D eigenvalue weighted by atomic mass is 32.2. The molecule has 0 bridgehead atoms. The molecule has 0 spiro atoms. The minimum atomic E-state index is -4.49. The quantitative estimate of drug-likeness (QED) is 0.418. The molecular weight excluding hydrogens is 418 g/mol. The van der Waals surface area contributed by atoms with Gasteiger partial charge < -0.3 is 16.0 Å². The van der Waals surface area contributed by atoms with Crippen molar-refractivity contribution < 1.29 is 22.6 Å². The number of carbonyl (C=O) groups is 2. The maximum Gasteiger partial charge on any atom is 0.323 e. The molecule has 160 valence electrons. The fourth-order valence-corrected chi connectivity index (χ4v) is 3.55. The van der Waals surface area contributed by atoms with Crippen LogP contribution in [0, 0.1) is 0 Å². The molecule has 0 radical (unpaired) electrons. The first-order chi connectivity index (χ1) is 14.8. The van der Waals surface area contributed by atoms with Crippen molar-refractivity contribution in [2.45, 2.75) is 18.2 Å². The molecule has 0 aliphatic heterocycles. The molecular formula is C22H21N3O5S. The number of amides is 3. The van der Waals surface area contributed by atoms with Gasteiger partial charge in [-0.15, -0.1) is 0 Å². The second kappa shape index (κ2) is 9.41. The zero-order valence-corrected chi connectivity index (χ0v) is 17.4. The summed E-state index contributed by atoms with van der Waals surface area (Å²) >= 11 is 0. The predicted molar refractivity (Wildman–Crippen MR) is 120 cm³/mol. The molecule has 31 heavy (non-hydrogen) atoms. The van der Waals surface area contributed by atoms with Crippen LogP contribution in [0.5, 0.6) is 0 Å². The average molecular weight is 439 g/mol. The minimum absolute atomic E-state index is 0.219. The normalized spacial score (nSPS) is 10.9. The number of urea groups is 1. The highest BCUT2D eigenvalue weighted by Gasteiger charge is 2.18. The zero-order chi connectivity index (χ0) is 22.4. The van der Waals surface area contributed by atoms with Crippen LogP contribution in [0.1, 0.15) is 13.3 Å². The third-order valence-electron chi connectivity index (χ3n) is 4.35. The number of hydrogen-bond donors (Lipinski definition) is 4. The van der Waals surface area contributed by atoms with E-state index in [1.165, 1.54) is 18.2 Å². The number of benzene rings is 3. The van der Waals surface area contributed by atoms with E-state index >= 15 is 0 Å². The van der Waals surface area contributed by atoms with Crippen LogP contribution in [0.4, 0.5) is 21.9 Å². The number of nitrogens with one attached hydrogen (secondary N) is 3. The first-order valence-electron chi connectivity index (χ1n) is 9.41. The lowest BCUT2D eigenvalue weighted by atomic mass is 10.0. The Kier molecular flexibility index (Phi) is 6.68. The van der Waals surface area contributed by atoms with E-state index in [0.717, 1.165) is 0 Å². The fraction of sp³-hybridized carbons (Fsp3) is 0.0909. The summed E-state index contributed by atoms with van der Waals surface area (Å²) in [4.78, 5) is 23.5. The van der Waals surface area contributed by atoms with Gasteiger partial charge in [0.25, 0.3) is 10.1 Å². The van der Waals surface area contributed by atoms with Gasteiger partial charge in [0, 0.05) is 29.0 Å². The van der Waals surface area contributed by atoms with Crippen LogP contribution in [0.25, 0.3) is 11.1 Å². The Hall–Kier alpha value is -3.69. The maximum absolute atomic E-state index is 12.1. The van der Waals surface area contributed by atoms with E-state index in [1.54, 1.807) is 55.5 Å². The summed E-state index contributed by atoms with van der Waals surface area (Å²) in [6.07, 6.45) is 0.265. The summed E-state index contributed by atoms with van der Waals surface area (Å²) in [5.74, 6) is -0.227. The van der Waals surface area contributed by atoms with Crippen LogP contribution in [0.2, 0.25) is 0 Å². The number of para-hydroxylation sites is 1. The molecule has 0 aliphatic carbocycles. The van der Waals surface area contributed by atoms with Crippen LogP contribution < -0.4 is 16.0 Å². The summed E-state index contributed by atoms with van der Waals surface area (Å²) in [6.45, 7) is 1.70. The van der Waals surface area contributed by atoms with Gasteiger partial charge in [0.15, 0.2) is 0 Å². The molecule has 0 fully saturated rings. The molecule has 0 heterocycles. The number of hydrogen-bond acceptors (Lipinski definition) is 4.